The molecule has 0 saturated heterocycles. The summed E-state index contributed by atoms with van der Waals surface area (Å²) in [6.45, 7) is 0. The standard InChI is InChI=1S/C13H7ClF5NS/c14-7-3-5(1-2-8(7)20)21-4-6-9(15)11(17)13(19)12(18)10(6)16/h1-3H,4,20H2. The highest BCUT2D eigenvalue weighted by Crippen LogP contribution is 2.31. The number of halogens is 6. The second-order valence-corrected chi connectivity index (χ2v) is 5.48. The van der Waals surface area contributed by atoms with Crippen LogP contribution in [0, 0.1) is 29.1 Å². The molecule has 21 heavy (non-hydrogen) atoms. The van der Waals surface area contributed by atoms with Gasteiger partial charge in [-0.05, 0) is 18.2 Å². The van der Waals surface area contributed by atoms with Gasteiger partial charge >= 0.3 is 0 Å². The van der Waals surface area contributed by atoms with Crippen molar-refractivity contribution in [1.82, 2.24) is 0 Å². The van der Waals surface area contributed by atoms with Gasteiger partial charge in [-0.2, -0.15) is 0 Å². The second kappa shape index (κ2) is 6.11. The molecule has 2 N–H and O–H groups in total. The summed E-state index contributed by atoms with van der Waals surface area (Å²) in [5.74, 6) is -10.2. The first kappa shape index (κ1) is 15.9. The molecule has 2 rings (SSSR count). The summed E-state index contributed by atoms with van der Waals surface area (Å²) in [7, 11) is 0. The highest BCUT2D eigenvalue weighted by Gasteiger charge is 2.25. The summed E-state index contributed by atoms with van der Waals surface area (Å²) >= 11 is 6.65. The van der Waals surface area contributed by atoms with Gasteiger partial charge in [0.25, 0.3) is 0 Å². The zero-order valence-corrected chi connectivity index (χ0v) is 11.8. The summed E-state index contributed by atoms with van der Waals surface area (Å²) in [6.07, 6.45) is 0. The third kappa shape index (κ3) is 3.08. The molecule has 0 amide bonds. The molecule has 0 unspecified atom stereocenters. The van der Waals surface area contributed by atoms with Crippen LogP contribution in [-0.2, 0) is 5.75 Å². The molecule has 0 fully saturated rings. The predicted octanol–water partition coefficient (Wildman–Crippen LogP) is 4.91. The average Bonchev–Trinajstić information content (AvgIpc) is 2.46. The average molecular weight is 340 g/mol. The molecule has 0 heterocycles. The van der Waals surface area contributed by atoms with Crippen LogP contribution in [0.1, 0.15) is 5.56 Å². The first-order valence-electron chi connectivity index (χ1n) is 5.51. The summed E-state index contributed by atoms with van der Waals surface area (Å²) in [6, 6.07) is 4.44. The van der Waals surface area contributed by atoms with Crippen LogP contribution < -0.4 is 5.73 Å². The molecule has 2 aromatic carbocycles. The highest BCUT2D eigenvalue weighted by atomic mass is 35.5. The fourth-order valence-electron chi connectivity index (χ4n) is 1.53. The fraction of sp³-hybridized carbons (Fsp3) is 0.0769. The van der Waals surface area contributed by atoms with Crippen molar-refractivity contribution >= 4 is 29.1 Å². The number of anilines is 1. The van der Waals surface area contributed by atoms with Crippen molar-refractivity contribution in [3.63, 3.8) is 0 Å². The van der Waals surface area contributed by atoms with Gasteiger partial charge in [-0.1, -0.05) is 11.6 Å². The molecule has 0 aliphatic heterocycles. The van der Waals surface area contributed by atoms with Crippen LogP contribution in [0.25, 0.3) is 0 Å². The van der Waals surface area contributed by atoms with Crippen molar-refractivity contribution in [3.05, 3.63) is 57.9 Å². The summed E-state index contributed by atoms with van der Waals surface area (Å²) in [4.78, 5) is 0.484. The third-order valence-electron chi connectivity index (χ3n) is 2.66. The molecule has 0 saturated carbocycles. The number of rotatable bonds is 3. The molecular weight excluding hydrogens is 333 g/mol. The first-order chi connectivity index (χ1) is 9.82. The number of hydrogen-bond acceptors (Lipinski definition) is 2. The molecule has 0 aromatic heterocycles. The Balaban J connectivity index is 2.30. The van der Waals surface area contributed by atoms with Crippen LogP contribution in [0.15, 0.2) is 23.1 Å². The van der Waals surface area contributed by atoms with Gasteiger partial charge < -0.3 is 5.73 Å². The van der Waals surface area contributed by atoms with E-state index in [1.165, 1.54) is 18.2 Å². The normalized spacial score (nSPS) is 11.0. The van der Waals surface area contributed by atoms with Gasteiger partial charge in [-0.15, -0.1) is 11.8 Å². The molecule has 8 heteroatoms. The Hall–Kier alpha value is -1.47. The van der Waals surface area contributed by atoms with Gasteiger partial charge in [0.1, 0.15) is 0 Å². The van der Waals surface area contributed by atoms with Crippen molar-refractivity contribution in [1.29, 1.82) is 0 Å². The van der Waals surface area contributed by atoms with E-state index in [-0.39, 0.29) is 5.02 Å². The fourth-order valence-corrected chi connectivity index (χ4v) is 2.71. The summed E-state index contributed by atoms with van der Waals surface area (Å²) < 4.78 is 65.9. The molecule has 1 nitrogen and oxygen atoms in total. The second-order valence-electron chi connectivity index (χ2n) is 4.02. The van der Waals surface area contributed by atoms with Crippen LogP contribution in [0.4, 0.5) is 27.6 Å². The van der Waals surface area contributed by atoms with Gasteiger partial charge in [0.2, 0.25) is 5.82 Å². The monoisotopic (exact) mass is 339 g/mol. The molecule has 112 valence electrons. The van der Waals surface area contributed by atoms with Gasteiger partial charge in [-0.25, -0.2) is 22.0 Å². The van der Waals surface area contributed by atoms with Crippen molar-refractivity contribution in [3.8, 4) is 0 Å². The van der Waals surface area contributed by atoms with Crippen LogP contribution in [0.5, 0.6) is 0 Å². The molecule has 0 spiro atoms. The molecule has 0 bridgehead atoms. The van der Waals surface area contributed by atoms with Crippen LogP contribution in [0.2, 0.25) is 5.02 Å². The smallest absolute Gasteiger partial charge is 0.200 e. The maximum absolute atomic E-state index is 13.5. The molecule has 0 aliphatic rings. The molecule has 0 aliphatic carbocycles. The van der Waals surface area contributed by atoms with E-state index in [9.17, 15) is 22.0 Å². The molecule has 0 radical (unpaired) electrons. The Morgan fingerprint density at radius 1 is 0.905 bits per heavy atom. The van der Waals surface area contributed by atoms with E-state index in [1.807, 2.05) is 0 Å². The number of nitrogen functional groups attached to an aromatic ring is 1. The highest BCUT2D eigenvalue weighted by molar-refractivity contribution is 7.98. The number of benzene rings is 2. The topological polar surface area (TPSA) is 26.0 Å². The van der Waals surface area contributed by atoms with Crippen molar-refractivity contribution < 1.29 is 22.0 Å². The lowest BCUT2D eigenvalue weighted by Crippen LogP contribution is -2.06. The minimum Gasteiger partial charge on any atom is -0.398 e. The number of thioether (sulfide) groups is 1. The van der Waals surface area contributed by atoms with E-state index in [2.05, 4.69) is 0 Å². The van der Waals surface area contributed by atoms with Gasteiger partial charge in [0.05, 0.1) is 10.7 Å². The zero-order chi connectivity index (χ0) is 15.7. The van der Waals surface area contributed by atoms with E-state index in [0.29, 0.717) is 10.6 Å². The number of nitrogens with two attached hydrogens (primary N) is 1. The first-order valence-corrected chi connectivity index (χ1v) is 6.87. The minimum absolute atomic E-state index is 0.234. The van der Waals surface area contributed by atoms with E-state index in [4.69, 9.17) is 17.3 Å². The summed E-state index contributed by atoms with van der Waals surface area (Å²) in [5, 5.41) is 0.234. The Bertz CT molecular complexity index is 678. The van der Waals surface area contributed by atoms with Crippen molar-refractivity contribution in [2.45, 2.75) is 10.6 Å². The minimum atomic E-state index is -2.17. The Kier molecular flexibility index (Phi) is 4.63. The quantitative estimate of drug-likeness (QED) is 0.283. The van der Waals surface area contributed by atoms with Crippen molar-refractivity contribution in [2.75, 3.05) is 5.73 Å². The number of hydrogen-bond donors (Lipinski definition) is 1. The largest absolute Gasteiger partial charge is 0.398 e. The lowest BCUT2D eigenvalue weighted by atomic mass is 10.2. The Morgan fingerprint density at radius 3 is 1.95 bits per heavy atom. The Labute approximate surface area is 125 Å². The predicted molar refractivity (Wildman–Crippen MR) is 71.7 cm³/mol. The van der Waals surface area contributed by atoms with Crippen LogP contribution in [0.3, 0.4) is 0 Å². The lowest BCUT2D eigenvalue weighted by Gasteiger charge is -2.08. The zero-order valence-electron chi connectivity index (χ0n) is 10.2. The van der Waals surface area contributed by atoms with Crippen LogP contribution in [-0.4, -0.2) is 0 Å². The maximum atomic E-state index is 13.5. The van der Waals surface area contributed by atoms with E-state index < -0.39 is 40.4 Å². The van der Waals surface area contributed by atoms with E-state index in [1.54, 1.807) is 0 Å². The SMILES string of the molecule is Nc1ccc(SCc2c(F)c(F)c(F)c(F)c2F)cc1Cl. The van der Waals surface area contributed by atoms with Crippen molar-refractivity contribution in [2.24, 2.45) is 0 Å². The van der Waals surface area contributed by atoms with Gasteiger partial charge in [-0.3, -0.25) is 0 Å². The molecule has 0 atom stereocenters. The van der Waals surface area contributed by atoms with Gasteiger partial charge in [0.15, 0.2) is 23.3 Å². The Morgan fingerprint density at radius 2 is 1.43 bits per heavy atom. The van der Waals surface area contributed by atoms with Gasteiger partial charge in [0, 0.05) is 16.2 Å². The molecule has 2 aromatic rings. The van der Waals surface area contributed by atoms with Crippen LogP contribution >= 0.6 is 23.4 Å². The van der Waals surface area contributed by atoms with E-state index in [0.717, 1.165) is 11.8 Å². The molecular formula is C13H7ClF5NS. The maximum Gasteiger partial charge on any atom is 0.200 e. The third-order valence-corrected chi connectivity index (χ3v) is 4.00. The van der Waals surface area contributed by atoms with E-state index >= 15 is 0 Å². The summed E-state index contributed by atoms with van der Waals surface area (Å²) in [5.41, 5.74) is 4.93. The lowest BCUT2D eigenvalue weighted by molar-refractivity contribution is 0.372.